The molecule has 1 atom stereocenters. The van der Waals surface area contributed by atoms with Crippen molar-refractivity contribution in [2.24, 2.45) is 0 Å². The molecule has 1 aliphatic heterocycles. The van der Waals surface area contributed by atoms with Crippen molar-refractivity contribution < 1.29 is 9.59 Å². The number of thioether (sulfide) groups is 1. The van der Waals surface area contributed by atoms with Gasteiger partial charge < -0.3 is 15.2 Å². The lowest BCUT2D eigenvalue weighted by molar-refractivity contribution is -0.124. The zero-order valence-corrected chi connectivity index (χ0v) is 15.8. The third-order valence-corrected chi connectivity index (χ3v) is 5.86. The van der Waals surface area contributed by atoms with Gasteiger partial charge in [-0.15, -0.1) is 11.8 Å². The molecule has 2 N–H and O–H groups in total. The van der Waals surface area contributed by atoms with Gasteiger partial charge in [0.05, 0.1) is 22.0 Å². The quantitative estimate of drug-likeness (QED) is 0.714. The molecule has 138 valence electrons. The largest absolute Gasteiger partial charge is 0.354 e. The first-order valence-electron chi connectivity index (χ1n) is 8.87. The van der Waals surface area contributed by atoms with Crippen LogP contribution in [0, 0.1) is 6.92 Å². The Morgan fingerprint density at radius 3 is 2.89 bits per heavy atom. The maximum absolute atomic E-state index is 12.3. The second kappa shape index (κ2) is 7.44. The lowest BCUT2D eigenvalue weighted by atomic mass is 10.2. The van der Waals surface area contributed by atoms with Crippen molar-refractivity contribution in [1.82, 2.24) is 14.9 Å². The minimum Gasteiger partial charge on any atom is -0.354 e. The van der Waals surface area contributed by atoms with Crippen LogP contribution in [-0.4, -0.2) is 33.2 Å². The van der Waals surface area contributed by atoms with E-state index in [2.05, 4.69) is 20.2 Å². The van der Waals surface area contributed by atoms with E-state index >= 15 is 0 Å². The topological polar surface area (TPSA) is 76.0 Å². The number of aryl methyl sites for hydroxylation is 1. The fourth-order valence-electron chi connectivity index (χ4n) is 3.25. The molecule has 0 aliphatic carbocycles. The van der Waals surface area contributed by atoms with Crippen molar-refractivity contribution in [3.8, 4) is 0 Å². The Balaban J connectivity index is 1.34. The maximum Gasteiger partial charge on any atom is 0.238 e. The first-order valence-corrected chi connectivity index (χ1v) is 9.75. The number of anilines is 1. The van der Waals surface area contributed by atoms with Crippen molar-refractivity contribution in [1.29, 1.82) is 0 Å². The Hall–Kier alpha value is -2.80. The molecule has 2 aromatic carbocycles. The highest BCUT2D eigenvalue weighted by molar-refractivity contribution is 8.01. The molecule has 1 aromatic heterocycles. The number of hydrogen-bond donors (Lipinski definition) is 2. The molecule has 0 bridgehead atoms. The van der Waals surface area contributed by atoms with E-state index in [0.29, 0.717) is 13.1 Å². The summed E-state index contributed by atoms with van der Waals surface area (Å²) in [6.07, 6.45) is 0.161. The van der Waals surface area contributed by atoms with E-state index in [-0.39, 0.29) is 18.2 Å². The average Bonchev–Trinajstić information content (AvgIpc) is 2.98. The fraction of sp³-hybridized carbons (Fsp3) is 0.250. The molecule has 27 heavy (non-hydrogen) atoms. The smallest absolute Gasteiger partial charge is 0.238 e. The number of rotatable bonds is 5. The molecule has 0 spiro atoms. The van der Waals surface area contributed by atoms with Crippen LogP contribution in [0.15, 0.2) is 53.4 Å². The van der Waals surface area contributed by atoms with E-state index in [9.17, 15) is 9.59 Å². The Bertz CT molecular complexity index is 1010. The molecular formula is C20H20N4O2S. The molecule has 2 amide bonds. The van der Waals surface area contributed by atoms with E-state index in [0.717, 1.165) is 27.4 Å². The van der Waals surface area contributed by atoms with E-state index in [1.54, 1.807) is 0 Å². The third-order valence-electron chi connectivity index (χ3n) is 4.58. The first kappa shape index (κ1) is 17.6. The number of carbonyl (C=O) groups is 2. The fourth-order valence-corrected chi connectivity index (χ4v) is 4.36. The molecule has 3 aromatic rings. The molecule has 7 heteroatoms. The van der Waals surface area contributed by atoms with Crippen molar-refractivity contribution >= 4 is 40.3 Å². The van der Waals surface area contributed by atoms with Gasteiger partial charge in [-0.3, -0.25) is 9.59 Å². The molecule has 1 aliphatic rings. The van der Waals surface area contributed by atoms with Crippen LogP contribution < -0.4 is 10.6 Å². The SMILES string of the molecule is Cc1nc2ccccc2n1CCNC(=O)C[C@@H]1Sc2ccccc2NC1=O. The van der Waals surface area contributed by atoms with Gasteiger partial charge in [0.1, 0.15) is 5.82 Å². The Kier molecular flexibility index (Phi) is 4.85. The Morgan fingerprint density at radius 1 is 1.22 bits per heavy atom. The van der Waals surface area contributed by atoms with Gasteiger partial charge in [-0.25, -0.2) is 4.98 Å². The van der Waals surface area contributed by atoms with Crippen LogP contribution in [0.4, 0.5) is 5.69 Å². The highest BCUT2D eigenvalue weighted by Crippen LogP contribution is 2.36. The number of para-hydroxylation sites is 3. The van der Waals surface area contributed by atoms with E-state index in [1.165, 1.54) is 11.8 Å². The Morgan fingerprint density at radius 2 is 2.00 bits per heavy atom. The molecule has 0 unspecified atom stereocenters. The highest BCUT2D eigenvalue weighted by atomic mass is 32.2. The second-order valence-electron chi connectivity index (χ2n) is 6.45. The maximum atomic E-state index is 12.3. The van der Waals surface area contributed by atoms with Gasteiger partial charge in [0, 0.05) is 24.4 Å². The van der Waals surface area contributed by atoms with Gasteiger partial charge in [-0.05, 0) is 31.2 Å². The summed E-state index contributed by atoms with van der Waals surface area (Å²) in [5.74, 6) is 0.679. The summed E-state index contributed by atoms with van der Waals surface area (Å²) >= 11 is 1.44. The molecule has 0 fully saturated rings. The van der Waals surface area contributed by atoms with Crippen molar-refractivity contribution in [2.45, 2.75) is 30.0 Å². The van der Waals surface area contributed by atoms with Gasteiger partial charge in [-0.2, -0.15) is 0 Å². The van der Waals surface area contributed by atoms with Crippen LogP contribution in [0.3, 0.4) is 0 Å². The standard InChI is InChI=1S/C20H20N4O2S/c1-13-22-14-6-2-4-8-16(14)24(13)11-10-21-19(25)12-18-20(26)23-15-7-3-5-9-17(15)27-18/h2-9,18H,10-12H2,1H3,(H,21,25)(H,23,26)/t18-/m0/s1. The number of aromatic nitrogens is 2. The zero-order valence-electron chi connectivity index (χ0n) is 14.9. The van der Waals surface area contributed by atoms with Crippen LogP contribution in [-0.2, 0) is 16.1 Å². The minimum absolute atomic E-state index is 0.120. The monoisotopic (exact) mass is 380 g/mol. The van der Waals surface area contributed by atoms with E-state index in [1.807, 2.05) is 55.5 Å². The number of nitrogens with zero attached hydrogens (tertiary/aromatic N) is 2. The molecular weight excluding hydrogens is 360 g/mol. The predicted octanol–water partition coefficient (Wildman–Crippen LogP) is 2.96. The van der Waals surface area contributed by atoms with Gasteiger partial charge in [0.15, 0.2) is 0 Å². The Labute approximate surface area is 161 Å². The summed E-state index contributed by atoms with van der Waals surface area (Å²) in [6.45, 7) is 3.10. The summed E-state index contributed by atoms with van der Waals surface area (Å²) in [5.41, 5.74) is 2.82. The van der Waals surface area contributed by atoms with Gasteiger partial charge >= 0.3 is 0 Å². The van der Waals surface area contributed by atoms with Crippen LogP contribution in [0.5, 0.6) is 0 Å². The number of nitrogens with one attached hydrogen (secondary N) is 2. The van der Waals surface area contributed by atoms with Gasteiger partial charge in [0.2, 0.25) is 11.8 Å². The van der Waals surface area contributed by atoms with E-state index < -0.39 is 5.25 Å². The predicted molar refractivity (Wildman–Crippen MR) is 107 cm³/mol. The summed E-state index contributed by atoms with van der Waals surface area (Å²) in [4.78, 5) is 30.1. The molecule has 4 rings (SSSR count). The van der Waals surface area contributed by atoms with Crippen LogP contribution in [0.2, 0.25) is 0 Å². The van der Waals surface area contributed by atoms with Gasteiger partial charge in [0.25, 0.3) is 0 Å². The molecule has 0 saturated heterocycles. The average molecular weight is 380 g/mol. The summed E-state index contributed by atoms with van der Waals surface area (Å²) in [6, 6.07) is 15.6. The number of hydrogen-bond acceptors (Lipinski definition) is 4. The van der Waals surface area contributed by atoms with E-state index in [4.69, 9.17) is 0 Å². The van der Waals surface area contributed by atoms with Crippen molar-refractivity contribution in [3.05, 3.63) is 54.4 Å². The van der Waals surface area contributed by atoms with Crippen molar-refractivity contribution in [3.63, 3.8) is 0 Å². The van der Waals surface area contributed by atoms with Crippen molar-refractivity contribution in [2.75, 3.05) is 11.9 Å². The van der Waals surface area contributed by atoms with Crippen LogP contribution in [0.1, 0.15) is 12.2 Å². The van der Waals surface area contributed by atoms with Crippen LogP contribution in [0.25, 0.3) is 11.0 Å². The number of fused-ring (bicyclic) bond motifs is 2. The second-order valence-corrected chi connectivity index (χ2v) is 7.69. The lowest BCUT2D eigenvalue weighted by Crippen LogP contribution is -2.35. The molecule has 2 heterocycles. The summed E-state index contributed by atoms with van der Waals surface area (Å²) in [5, 5.41) is 5.39. The number of benzene rings is 2. The first-order chi connectivity index (χ1) is 13.1. The molecule has 0 radical (unpaired) electrons. The number of imidazole rings is 1. The zero-order chi connectivity index (χ0) is 18.8. The van der Waals surface area contributed by atoms with Crippen LogP contribution >= 0.6 is 11.8 Å². The normalized spacial score (nSPS) is 16.0. The summed E-state index contributed by atoms with van der Waals surface area (Å²) in [7, 11) is 0. The number of carbonyl (C=O) groups excluding carboxylic acids is 2. The highest BCUT2D eigenvalue weighted by Gasteiger charge is 2.28. The number of amides is 2. The summed E-state index contributed by atoms with van der Waals surface area (Å²) < 4.78 is 2.09. The van der Waals surface area contributed by atoms with Gasteiger partial charge in [-0.1, -0.05) is 24.3 Å². The minimum atomic E-state index is -0.407. The third kappa shape index (κ3) is 3.68. The molecule has 0 saturated carbocycles. The molecule has 6 nitrogen and oxygen atoms in total. The lowest BCUT2D eigenvalue weighted by Gasteiger charge is -2.23.